The highest BCUT2D eigenvalue weighted by atomic mass is 16.7. The minimum Gasteiger partial charge on any atom is -0.267 e. The maximum absolute atomic E-state index is 5.88. The van der Waals surface area contributed by atoms with Crippen LogP contribution in [0.25, 0.3) is 0 Å². The lowest BCUT2D eigenvalue weighted by Gasteiger charge is -2.17. The van der Waals surface area contributed by atoms with Crippen molar-refractivity contribution < 1.29 is 4.84 Å². The van der Waals surface area contributed by atoms with Crippen molar-refractivity contribution in [1.82, 2.24) is 0 Å². The van der Waals surface area contributed by atoms with Gasteiger partial charge in [-0.3, -0.25) is 9.90 Å². The van der Waals surface area contributed by atoms with Gasteiger partial charge < -0.3 is 0 Å². The van der Waals surface area contributed by atoms with Crippen molar-refractivity contribution in [3.63, 3.8) is 0 Å². The Labute approximate surface area is 78.1 Å². The molecule has 2 nitrogen and oxygen atoms in total. The number of hydrogen-bond acceptors (Lipinski definition) is 2. The van der Waals surface area contributed by atoms with E-state index in [4.69, 9.17) is 4.84 Å². The molecular weight excluding hydrogens is 162 g/mol. The fourth-order valence-corrected chi connectivity index (χ4v) is 1.89. The van der Waals surface area contributed by atoms with Crippen molar-refractivity contribution in [2.45, 2.75) is 24.9 Å². The maximum Gasteiger partial charge on any atom is 0.0982 e. The van der Waals surface area contributed by atoms with Gasteiger partial charge in [0.2, 0.25) is 0 Å². The number of anilines is 1. The standard InChI is InChI=1S/C11H13NO/c1-2-4-10(5-3-1)12-9-8-11(13-12)6-7-11/h1-5H,6-9H2. The fourth-order valence-electron chi connectivity index (χ4n) is 1.89. The van der Waals surface area contributed by atoms with Crippen LogP contribution in [0.2, 0.25) is 0 Å². The molecule has 68 valence electrons. The van der Waals surface area contributed by atoms with Crippen LogP contribution < -0.4 is 5.06 Å². The first-order chi connectivity index (χ1) is 6.38. The summed E-state index contributed by atoms with van der Waals surface area (Å²) in [5.41, 5.74) is 1.43. The SMILES string of the molecule is c1ccc(N2CCC3(CC3)O2)cc1. The van der Waals surface area contributed by atoms with Crippen molar-refractivity contribution >= 4 is 5.69 Å². The van der Waals surface area contributed by atoms with Gasteiger partial charge in [-0.25, -0.2) is 0 Å². The van der Waals surface area contributed by atoms with Gasteiger partial charge in [0, 0.05) is 6.54 Å². The van der Waals surface area contributed by atoms with Crippen molar-refractivity contribution in [3.05, 3.63) is 30.3 Å². The summed E-state index contributed by atoms with van der Waals surface area (Å²) in [6.45, 7) is 1.05. The molecule has 0 bridgehead atoms. The Morgan fingerprint density at radius 1 is 1.08 bits per heavy atom. The molecule has 0 radical (unpaired) electrons. The Morgan fingerprint density at radius 2 is 1.85 bits per heavy atom. The molecule has 13 heavy (non-hydrogen) atoms. The number of benzene rings is 1. The topological polar surface area (TPSA) is 12.5 Å². The van der Waals surface area contributed by atoms with Crippen LogP contribution in [0, 0.1) is 0 Å². The Bertz CT molecular complexity index is 305. The molecule has 2 fully saturated rings. The van der Waals surface area contributed by atoms with Crippen molar-refractivity contribution in [1.29, 1.82) is 0 Å². The fraction of sp³-hybridized carbons (Fsp3) is 0.455. The molecular formula is C11H13NO. The zero-order valence-electron chi connectivity index (χ0n) is 7.57. The molecule has 2 aliphatic rings. The molecule has 0 aromatic heterocycles. The van der Waals surface area contributed by atoms with E-state index >= 15 is 0 Å². The highest BCUT2D eigenvalue weighted by Gasteiger charge is 2.50. The van der Waals surface area contributed by atoms with E-state index in [1.807, 2.05) is 11.1 Å². The third-order valence-electron chi connectivity index (χ3n) is 2.93. The van der Waals surface area contributed by atoms with E-state index in [2.05, 4.69) is 24.3 Å². The molecule has 2 heteroatoms. The first kappa shape index (κ1) is 7.39. The van der Waals surface area contributed by atoms with Gasteiger partial charge in [0.1, 0.15) is 0 Å². The molecule has 1 saturated carbocycles. The van der Waals surface area contributed by atoms with E-state index in [1.165, 1.54) is 24.9 Å². The van der Waals surface area contributed by atoms with Crippen LogP contribution in [-0.2, 0) is 4.84 Å². The van der Waals surface area contributed by atoms with E-state index in [1.54, 1.807) is 0 Å². The number of hydrogen-bond donors (Lipinski definition) is 0. The van der Waals surface area contributed by atoms with Crippen molar-refractivity contribution in [2.75, 3.05) is 11.6 Å². The van der Waals surface area contributed by atoms with Gasteiger partial charge in [-0.15, -0.1) is 0 Å². The molecule has 0 amide bonds. The smallest absolute Gasteiger partial charge is 0.0982 e. The second-order valence-corrected chi connectivity index (χ2v) is 3.96. The minimum absolute atomic E-state index is 0.246. The van der Waals surface area contributed by atoms with E-state index in [-0.39, 0.29) is 5.60 Å². The summed E-state index contributed by atoms with van der Waals surface area (Å²) in [5.74, 6) is 0. The van der Waals surface area contributed by atoms with Crippen LogP contribution in [0.15, 0.2) is 30.3 Å². The average molecular weight is 175 g/mol. The zero-order chi connectivity index (χ0) is 8.73. The summed E-state index contributed by atoms with van der Waals surface area (Å²) in [6.07, 6.45) is 3.69. The van der Waals surface area contributed by atoms with Gasteiger partial charge >= 0.3 is 0 Å². The highest BCUT2D eigenvalue weighted by molar-refractivity contribution is 5.44. The number of rotatable bonds is 1. The lowest BCUT2D eigenvalue weighted by molar-refractivity contribution is 0.0684. The summed E-state index contributed by atoms with van der Waals surface area (Å²) < 4.78 is 0. The van der Waals surface area contributed by atoms with Gasteiger partial charge in [-0.2, -0.15) is 0 Å². The van der Waals surface area contributed by atoms with E-state index in [0.29, 0.717) is 0 Å². The second-order valence-electron chi connectivity index (χ2n) is 3.96. The molecule has 3 rings (SSSR count). The first-order valence-corrected chi connectivity index (χ1v) is 4.90. The Hall–Kier alpha value is -1.02. The summed E-state index contributed by atoms with van der Waals surface area (Å²) in [4.78, 5) is 5.88. The quantitative estimate of drug-likeness (QED) is 0.649. The van der Waals surface area contributed by atoms with E-state index < -0.39 is 0 Å². The van der Waals surface area contributed by atoms with Gasteiger partial charge in [-0.05, 0) is 31.4 Å². The molecule has 0 atom stereocenters. The molecule has 1 aromatic carbocycles. The van der Waals surface area contributed by atoms with E-state index in [0.717, 1.165) is 6.54 Å². The third kappa shape index (κ3) is 1.22. The van der Waals surface area contributed by atoms with Gasteiger partial charge in [-0.1, -0.05) is 18.2 Å². The van der Waals surface area contributed by atoms with Crippen LogP contribution in [-0.4, -0.2) is 12.1 Å². The molecule has 0 unspecified atom stereocenters. The monoisotopic (exact) mass is 175 g/mol. The van der Waals surface area contributed by atoms with E-state index in [9.17, 15) is 0 Å². The Kier molecular flexibility index (Phi) is 1.41. The molecule has 1 aliphatic heterocycles. The number of hydroxylamine groups is 1. The van der Waals surface area contributed by atoms with Gasteiger partial charge in [0.05, 0.1) is 11.3 Å². The molecule has 0 N–H and O–H groups in total. The van der Waals surface area contributed by atoms with Gasteiger partial charge in [0.25, 0.3) is 0 Å². The summed E-state index contributed by atoms with van der Waals surface area (Å²) in [6, 6.07) is 10.3. The Balaban J connectivity index is 1.80. The summed E-state index contributed by atoms with van der Waals surface area (Å²) in [5, 5.41) is 2.03. The molecule has 1 spiro atoms. The van der Waals surface area contributed by atoms with Crippen LogP contribution in [0.5, 0.6) is 0 Å². The molecule has 1 saturated heterocycles. The largest absolute Gasteiger partial charge is 0.267 e. The molecule has 1 aliphatic carbocycles. The first-order valence-electron chi connectivity index (χ1n) is 4.90. The normalized spacial score (nSPS) is 23.8. The predicted octanol–water partition coefficient (Wildman–Crippen LogP) is 2.36. The van der Waals surface area contributed by atoms with Gasteiger partial charge in [0.15, 0.2) is 0 Å². The number of nitrogens with zero attached hydrogens (tertiary/aromatic N) is 1. The third-order valence-corrected chi connectivity index (χ3v) is 2.93. The highest BCUT2D eigenvalue weighted by Crippen LogP contribution is 2.48. The van der Waals surface area contributed by atoms with Crippen LogP contribution in [0.1, 0.15) is 19.3 Å². The predicted molar refractivity (Wildman–Crippen MR) is 51.5 cm³/mol. The molecule has 1 heterocycles. The maximum atomic E-state index is 5.88. The van der Waals surface area contributed by atoms with Crippen LogP contribution >= 0.6 is 0 Å². The summed E-state index contributed by atoms with van der Waals surface area (Å²) >= 11 is 0. The Morgan fingerprint density at radius 3 is 2.46 bits per heavy atom. The van der Waals surface area contributed by atoms with Crippen molar-refractivity contribution in [3.8, 4) is 0 Å². The van der Waals surface area contributed by atoms with Crippen LogP contribution in [0.3, 0.4) is 0 Å². The van der Waals surface area contributed by atoms with Crippen molar-refractivity contribution in [2.24, 2.45) is 0 Å². The molecule has 1 aromatic rings. The lowest BCUT2D eigenvalue weighted by Crippen LogP contribution is -2.18. The van der Waals surface area contributed by atoms with Crippen LogP contribution in [0.4, 0.5) is 5.69 Å². The summed E-state index contributed by atoms with van der Waals surface area (Å²) in [7, 11) is 0. The second kappa shape index (κ2) is 2.48. The minimum atomic E-state index is 0.246. The number of para-hydroxylation sites is 1. The lowest BCUT2D eigenvalue weighted by atomic mass is 10.2. The average Bonchev–Trinajstić information content (AvgIpc) is 2.78. The zero-order valence-corrected chi connectivity index (χ0v) is 7.57.